The van der Waals surface area contributed by atoms with Gasteiger partial charge in [-0.25, -0.2) is 4.79 Å². The Morgan fingerprint density at radius 3 is 2.75 bits per heavy atom. The molecule has 1 unspecified atom stereocenters. The van der Waals surface area contributed by atoms with E-state index in [1.165, 1.54) is 0 Å². The van der Waals surface area contributed by atoms with E-state index in [4.69, 9.17) is 4.74 Å². The number of benzene rings is 1. The predicted molar refractivity (Wildman–Crippen MR) is 68.1 cm³/mol. The van der Waals surface area contributed by atoms with Gasteiger partial charge in [0.25, 0.3) is 0 Å². The van der Waals surface area contributed by atoms with E-state index < -0.39 is 6.09 Å². The zero-order chi connectivity index (χ0) is 11.8. The van der Waals surface area contributed by atoms with Gasteiger partial charge in [0, 0.05) is 11.8 Å². The lowest BCUT2D eigenvalue weighted by Gasteiger charge is -2.12. The second kappa shape index (κ2) is 7.17. The van der Waals surface area contributed by atoms with Crippen LogP contribution < -0.4 is 10.1 Å². The second-order valence-corrected chi connectivity index (χ2v) is 4.73. The number of hydrogen-bond donors (Lipinski definition) is 1. The third-order valence-corrected chi connectivity index (χ3v) is 3.03. The molecule has 0 aliphatic carbocycles. The lowest BCUT2D eigenvalue weighted by molar-refractivity contribution is 0.198. The molecule has 0 bridgehead atoms. The van der Waals surface area contributed by atoms with Crippen molar-refractivity contribution >= 4 is 17.9 Å². The molecule has 88 valence electrons. The lowest BCUT2D eigenvalue weighted by atomic mass is 10.3. The van der Waals surface area contributed by atoms with Crippen LogP contribution in [0, 0.1) is 0 Å². The first-order valence-corrected chi connectivity index (χ1v) is 6.49. The Bertz CT molecular complexity index is 316. The maximum atomic E-state index is 11.4. The van der Waals surface area contributed by atoms with Gasteiger partial charge in [0.05, 0.1) is 0 Å². The zero-order valence-electron chi connectivity index (χ0n) is 9.60. The van der Waals surface area contributed by atoms with E-state index in [9.17, 15) is 4.79 Å². The van der Waals surface area contributed by atoms with Crippen LogP contribution >= 0.6 is 11.8 Å². The fourth-order valence-electron chi connectivity index (χ4n) is 1.16. The van der Waals surface area contributed by atoms with Gasteiger partial charge in [-0.15, -0.1) is 0 Å². The Balaban J connectivity index is 2.31. The van der Waals surface area contributed by atoms with Crippen molar-refractivity contribution in [1.29, 1.82) is 0 Å². The highest BCUT2D eigenvalue weighted by Gasteiger charge is 2.08. The van der Waals surface area contributed by atoms with Crippen LogP contribution in [-0.4, -0.2) is 23.6 Å². The third-order valence-electron chi connectivity index (χ3n) is 1.89. The van der Waals surface area contributed by atoms with Crippen molar-refractivity contribution in [3.63, 3.8) is 0 Å². The van der Waals surface area contributed by atoms with Crippen LogP contribution in [-0.2, 0) is 0 Å². The van der Waals surface area contributed by atoms with Crippen LogP contribution in [0.2, 0.25) is 0 Å². The number of ether oxygens (including phenoxy) is 1. The monoisotopic (exact) mass is 239 g/mol. The van der Waals surface area contributed by atoms with E-state index in [2.05, 4.69) is 12.2 Å². The quantitative estimate of drug-likeness (QED) is 0.858. The molecule has 1 aromatic carbocycles. The molecule has 0 aliphatic rings. The summed E-state index contributed by atoms with van der Waals surface area (Å²) < 4.78 is 5.11. The van der Waals surface area contributed by atoms with E-state index in [1.54, 1.807) is 23.9 Å². The van der Waals surface area contributed by atoms with Crippen molar-refractivity contribution in [1.82, 2.24) is 5.32 Å². The fraction of sp³-hybridized carbons (Fsp3) is 0.417. The van der Waals surface area contributed by atoms with Crippen LogP contribution in [0.4, 0.5) is 4.79 Å². The summed E-state index contributed by atoms with van der Waals surface area (Å²) in [5.41, 5.74) is 0. The summed E-state index contributed by atoms with van der Waals surface area (Å²) in [6, 6.07) is 9.18. The Morgan fingerprint density at radius 1 is 1.44 bits per heavy atom. The highest BCUT2D eigenvalue weighted by molar-refractivity contribution is 7.99. The Labute approximate surface area is 101 Å². The van der Waals surface area contributed by atoms with Crippen LogP contribution in [0.15, 0.2) is 30.3 Å². The summed E-state index contributed by atoms with van der Waals surface area (Å²) in [4.78, 5) is 11.4. The largest absolute Gasteiger partial charge is 0.412 e. The number of carbonyl (C=O) groups excluding carboxylic acids is 1. The molecule has 1 amide bonds. The molecule has 0 fully saturated rings. The summed E-state index contributed by atoms with van der Waals surface area (Å²) in [5, 5.41) is 2.78. The summed E-state index contributed by atoms with van der Waals surface area (Å²) in [5.74, 6) is 2.52. The minimum absolute atomic E-state index is 0.126. The minimum atomic E-state index is -0.393. The van der Waals surface area contributed by atoms with E-state index in [0.717, 1.165) is 11.5 Å². The molecular weight excluding hydrogens is 222 g/mol. The van der Waals surface area contributed by atoms with Crippen molar-refractivity contribution in [3.05, 3.63) is 30.3 Å². The molecule has 1 N–H and O–H groups in total. The van der Waals surface area contributed by atoms with Crippen LogP contribution in [0.1, 0.15) is 13.8 Å². The molecule has 1 rings (SSSR count). The zero-order valence-corrected chi connectivity index (χ0v) is 10.4. The van der Waals surface area contributed by atoms with Crippen molar-refractivity contribution in [2.75, 3.05) is 11.5 Å². The molecular formula is C12H17NO2S. The molecule has 3 nitrogen and oxygen atoms in total. The van der Waals surface area contributed by atoms with Gasteiger partial charge in [-0.1, -0.05) is 25.1 Å². The lowest BCUT2D eigenvalue weighted by Crippen LogP contribution is -2.36. The molecule has 0 saturated carbocycles. The summed E-state index contributed by atoms with van der Waals surface area (Å²) in [6.07, 6.45) is -0.393. The number of nitrogens with one attached hydrogen (secondary N) is 1. The first-order valence-electron chi connectivity index (χ1n) is 5.33. The van der Waals surface area contributed by atoms with Gasteiger partial charge in [0.2, 0.25) is 0 Å². The highest BCUT2D eigenvalue weighted by Crippen LogP contribution is 2.08. The number of rotatable bonds is 5. The van der Waals surface area contributed by atoms with E-state index in [1.807, 2.05) is 25.1 Å². The number of para-hydroxylation sites is 1. The molecule has 1 aromatic rings. The molecule has 0 radical (unpaired) electrons. The molecule has 1 atom stereocenters. The maximum absolute atomic E-state index is 11.4. The topological polar surface area (TPSA) is 38.3 Å². The summed E-state index contributed by atoms with van der Waals surface area (Å²) >= 11 is 1.79. The molecule has 16 heavy (non-hydrogen) atoms. The number of carbonyl (C=O) groups is 1. The maximum Gasteiger partial charge on any atom is 0.412 e. The molecule has 0 saturated heterocycles. The fourth-order valence-corrected chi connectivity index (χ4v) is 1.84. The van der Waals surface area contributed by atoms with Gasteiger partial charge in [-0.3, -0.25) is 0 Å². The van der Waals surface area contributed by atoms with Crippen molar-refractivity contribution < 1.29 is 9.53 Å². The highest BCUT2D eigenvalue weighted by atomic mass is 32.2. The number of thioether (sulfide) groups is 1. The van der Waals surface area contributed by atoms with Gasteiger partial charge in [0.1, 0.15) is 5.75 Å². The van der Waals surface area contributed by atoms with Gasteiger partial charge >= 0.3 is 6.09 Å². The Hall–Kier alpha value is -1.16. The third kappa shape index (κ3) is 5.07. The average Bonchev–Trinajstić information content (AvgIpc) is 2.27. The van der Waals surface area contributed by atoms with Gasteiger partial charge in [0.15, 0.2) is 0 Å². The van der Waals surface area contributed by atoms with E-state index in [-0.39, 0.29) is 6.04 Å². The van der Waals surface area contributed by atoms with Crippen molar-refractivity contribution in [2.24, 2.45) is 0 Å². The summed E-state index contributed by atoms with van der Waals surface area (Å²) in [6.45, 7) is 4.06. The van der Waals surface area contributed by atoms with Crippen LogP contribution in [0.5, 0.6) is 5.75 Å². The van der Waals surface area contributed by atoms with E-state index in [0.29, 0.717) is 5.75 Å². The minimum Gasteiger partial charge on any atom is -0.410 e. The van der Waals surface area contributed by atoms with Crippen molar-refractivity contribution in [2.45, 2.75) is 19.9 Å². The number of amides is 1. The Morgan fingerprint density at radius 2 is 2.12 bits per heavy atom. The average molecular weight is 239 g/mol. The molecule has 0 heterocycles. The van der Waals surface area contributed by atoms with Gasteiger partial charge < -0.3 is 10.1 Å². The van der Waals surface area contributed by atoms with Crippen LogP contribution in [0.25, 0.3) is 0 Å². The summed E-state index contributed by atoms with van der Waals surface area (Å²) in [7, 11) is 0. The van der Waals surface area contributed by atoms with Crippen molar-refractivity contribution in [3.8, 4) is 5.75 Å². The SMILES string of the molecule is CCSCC(C)NC(=O)Oc1ccccc1. The van der Waals surface area contributed by atoms with Crippen LogP contribution in [0.3, 0.4) is 0 Å². The number of hydrogen-bond acceptors (Lipinski definition) is 3. The molecule has 0 aliphatic heterocycles. The molecule has 0 spiro atoms. The smallest absolute Gasteiger partial charge is 0.410 e. The normalized spacial score (nSPS) is 11.9. The first-order chi connectivity index (χ1) is 7.72. The first kappa shape index (κ1) is 12.9. The standard InChI is InChI=1S/C12H17NO2S/c1-3-16-9-10(2)13-12(14)15-11-7-5-4-6-8-11/h4-8,10H,3,9H2,1-2H3,(H,13,14). The predicted octanol–water partition coefficient (Wildman–Crippen LogP) is 2.92. The van der Waals surface area contributed by atoms with E-state index >= 15 is 0 Å². The van der Waals surface area contributed by atoms with Gasteiger partial charge in [-0.2, -0.15) is 11.8 Å². The second-order valence-electron chi connectivity index (χ2n) is 3.41. The molecule has 4 heteroatoms. The Kier molecular flexibility index (Phi) is 5.78. The molecule has 0 aromatic heterocycles. The van der Waals surface area contributed by atoms with Gasteiger partial charge in [-0.05, 0) is 24.8 Å².